The summed E-state index contributed by atoms with van der Waals surface area (Å²) >= 11 is 3.37. The molecule has 0 radical (unpaired) electrons. The standard InChI is InChI=1S/C13H12BrN3O2/c1-17(8-12(18)19)11-6-7-15-13(16-11)9-2-4-10(14)5-3-9/h2-7H,8H2,1H3,(H,18,19). The molecule has 19 heavy (non-hydrogen) atoms. The Labute approximate surface area is 119 Å². The lowest BCUT2D eigenvalue weighted by Crippen LogP contribution is -2.26. The molecule has 1 aromatic heterocycles. The van der Waals surface area contributed by atoms with E-state index in [1.54, 1.807) is 24.2 Å². The van der Waals surface area contributed by atoms with Crippen molar-refractivity contribution in [1.82, 2.24) is 9.97 Å². The lowest BCUT2D eigenvalue weighted by atomic mass is 10.2. The fourth-order valence-electron chi connectivity index (χ4n) is 1.58. The number of rotatable bonds is 4. The van der Waals surface area contributed by atoms with Crippen molar-refractivity contribution in [3.05, 3.63) is 41.0 Å². The molecule has 2 aromatic rings. The molecule has 0 saturated heterocycles. The summed E-state index contributed by atoms with van der Waals surface area (Å²) in [4.78, 5) is 20.8. The van der Waals surface area contributed by atoms with Crippen LogP contribution in [0.25, 0.3) is 11.4 Å². The fraction of sp³-hybridized carbons (Fsp3) is 0.154. The Kier molecular flexibility index (Phi) is 4.11. The molecule has 0 aliphatic rings. The number of aliphatic carboxylic acids is 1. The Morgan fingerprint density at radius 2 is 2.00 bits per heavy atom. The average molecular weight is 322 g/mol. The van der Waals surface area contributed by atoms with Crippen LogP contribution in [0, 0.1) is 0 Å². The molecule has 6 heteroatoms. The number of likely N-dealkylation sites (N-methyl/N-ethyl adjacent to an activating group) is 1. The second-order valence-electron chi connectivity index (χ2n) is 4.00. The summed E-state index contributed by atoms with van der Waals surface area (Å²) in [5.41, 5.74) is 0.883. The molecule has 98 valence electrons. The third-order valence-corrected chi connectivity index (χ3v) is 3.04. The summed E-state index contributed by atoms with van der Waals surface area (Å²) in [6.45, 7) is -0.100. The van der Waals surface area contributed by atoms with Gasteiger partial charge in [-0.2, -0.15) is 0 Å². The second kappa shape index (κ2) is 5.79. The van der Waals surface area contributed by atoms with Crippen LogP contribution in [0.2, 0.25) is 0 Å². The number of carbonyl (C=O) groups is 1. The summed E-state index contributed by atoms with van der Waals surface area (Å²) < 4.78 is 0.982. The number of anilines is 1. The molecular weight excluding hydrogens is 310 g/mol. The normalized spacial score (nSPS) is 10.2. The first-order valence-corrected chi connectivity index (χ1v) is 6.37. The van der Waals surface area contributed by atoms with Crippen molar-refractivity contribution in [1.29, 1.82) is 0 Å². The van der Waals surface area contributed by atoms with Gasteiger partial charge in [0, 0.05) is 23.3 Å². The third kappa shape index (κ3) is 3.51. The summed E-state index contributed by atoms with van der Waals surface area (Å²) in [5, 5.41) is 8.77. The molecule has 1 heterocycles. The van der Waals surface area contributed by atoms with Gasteiger partial charge in [-0.25, -0.2) is 9.97 Å². The van der Waals surface area contributed by atoms with Gasteiger partial charge in [-0.05, 0) is 18.2 Å². The van der Waals surface area contributed by atoms with Gasteiger partial charge >= 0.3 is 5.97 Å². The number of halogens is 1. The van der Waals surface area contributed by atoms with Crippen LogP contribution in [0.3, 0.4) is 0 Å². The van der Waals surface area contributed by atoms with Gasteiger partial charge in [-0.15, -0.1) is 0 Å². The third-order valence-electron chi connectivity index (χ3n) is 2.51. The molecule has 0 aliphatic heterocycles. The monoisotopic (exact) mass is 321 g/mol. The molecule has 5 nitrogen and oxygen atoms in total. The van der Waals surface area contributed by atoms with Gasteiger partial charge in [0.25, 0.3) is 0 Å². The molecule has 0 saturated carbocycles. The Morgan fingerprint density at radius 3 is 2.63 bits per heavy atom. The van der Waals surface area contributed by atoms with E-state index in [0.717, 1.165) is 10.0 Å². The Hall–Kier alpha value is -1.95. The highest BCUT2D eigenvalue weighted by molar-refractivity contribution is 9.10. The molecule has 0 spiro atoms. The number of benzene rings is 1. The molecule has 0 aliphatic carbocycles. The van der Waals surface area contributed by atoms with Gasteiger partial charge in [-0.1, -0.05) is 28.1 Å². The van der Waals surface area contributed by atoms with E-state index in [1.807, 2.05) is 24.3 Å². The molecule has 0 amide bonds. The van der Waals surface area contributed by atoms with Crippen molar-refractivity contribution in [2.45, 2.75) is 0 Å². The predicted octanol–water partition coefficient (Wildman–Crippen LogP) is 2.43. The Balaban J connectivity index is 2.28. The van der Waals surface area contributed by atoms with Gasteiger partial charge < -0.3 is 10.0 Å². The fourth-order valence-corrected chi connectivity index (χ4v) is 1.85. The molecule has 0 bridgehead atoms. The topological polar surface area (TPSA) is 66.3 Å². The molecule has 1 N–H and O–H groups in total. The summed E-state index contributed by atoms with van der Waals surface area (Å²) in [6.07, 6.45) is 1.62. The highest BCUT2D eigenvalue weighted by atomic mass is 79.9. The number of carboxylic acids is 1. The number of nitrogens with zero attached hydrogens (tertiary/aromatic N) is 3. The van der Waals surface area contributed by atoms with Crippen LogP contribution in [0.1, 0.15) is 0 Å². The second-order valence-corrected chi connectivity index (χ2v) is 4.91. The van der Waals surface area contributed by atoms with Gasteiger partial charge in [0.05, 0.1) is 0 Å². The van der Waals surface area contributed by atoms with Crippen LogP contribution >= 0.6 is 15.9 Å². The Morgan fingerprint density at radius 1 is 1.32 bits per heavy atom. The Bertz CT molecular complexity index is 587. The van der Waals surface area contributed by atoms with Crippen molar-refractivity contribution in [3.63, 3.8) is 0 Å². The van der Waals surface area contributed by atoms with E-state index >= 15 is 0 Å². The summed E-state index contributed by atoms with van der Waals surface area (Å²) in [6, 6.07) is 9.31. The van der Waals surface area contributed by atoms with Crippen LogP contribution in [0.15, 0.2) is 41.0 Å². The van der Waals surface area contributed by atoms with Crippen molar-refractivity contribution in [3.8, 4) is 11.4 Å². The van der Waals surface area contributed by atoms with Gasteiger partial charge in [0.2, 0.25) is 0 Å². The predicted molar refractivity (Wildman–Crippen MR) is 76.1 cm³/mol. The molecular formula is C13H12BrN3O2. The van der Waals surface area contributed by atoms with Crippen LogP contribution < -0.4 is 4.90 Å². The van der Waals surface area contributed by atoms with Crippen LogP contribution in [-0.2, 0) is 4.79 Å². The number of carboxylic acid groups (broad SMARTS) is 1. The van der Waals surface area contributed by atoms with Gasteiger partial charge in [0.1, 0.15) is 12.4 Å². The minimum Gasteiger partial charge on any atom is -0.480 e. The number of aromatic nitrogens is 2. The van der Waals surface area contributed by atoms with E-state index in [-0.39, 0.29) is 6.54 Å². The van der Waals surface area contributed by atoms with Gasteiger partial charge in [0.15, 0.2) is 5.82 Å². The van der Waals surface area contributed by atoms with Crippen molar-refractivity contribution in [2.24, 2.45) is 0 Å². The maximum atomic E-state index is 10.7. The van der Waals surface area contributed by atoms with Gasteiger partial charge in [-0.3, -0.25) is 4.79 Å². The highest BCUT2D eigenvalue weighted by Gasteiger charge is 2.09. The average Bonchev–Trinajstić information content (AvgIpc) is 2.39. The van der Waals surface area contributed by atoms with Crippen LogP contribution in [0.4, 0.5) is 5.82 Å². The minimum atomic E-state index is -0.897. The largest absolute Gasteiger partial charge is 0.480 e. The van der Waals surface area contributed by atoms with Crippen molar-refractivity contribution in [2.75, 3.05) is 18.5 Å². The maximum absolute atomic E-state index is 10.7. The van der Waals surface area contributed by atoms with Crippen LogP contribution in [-0.4, -0.2) is 34.6 Å². The highest BCUT2D eigenvalue weighted by Crippen LogP contribution is 2.20. The van der Waals surface area contributed by atoms with E-state index in [2.05, 4.69) is 25.9 Å². The zero-order valence-electron chi connectivity index (χ0n) is 10.2. The lowest BCUT2D eigenvalue weighted by molar-refractivity contribution is -0.135. The summed E-state index contributed by atoms with van der Waals surface area (Å²) in [5.74, 6) is 0.254. The van der Waals surface area contributed by atoms with E-state index < -0.39 is 5.97 Å². The molecule has 0 unspecified atom stereocenters. The molecule has 0 fully saturated rings. The van der Waals surface area contributed by atoms with E-state index in [9.17, 15) is 4.79 Å². The van der Waals surface area contributed by atoms with Crippen LogP contribution in [0.5, 0.6) is 0 Å². The lowest BCUT2D eigenvalue weighted by Gasteiger charge is -2.15. The van der Waals surface area contributed by atoms with Crippen molar-refractivity contribution >= 4 is 27.7 Å². The first-order valence-electron chi connectivity index (χ1n) is 5.58. The first-order chi connectivity index (χ1) is 9.06. The smallest absolute Gasteiger partial charge is 0.323 e. The minimum absolute atomic E-state index is 0.100. The summed E-state index contributed by atoms with van der Waals surface area (Å²) in [7, 11) is 1.68. The quantitative estimate of drug-likeness (QED) is 0.936. The van der Waals surface area contributed by atoms with E-state index in [4.69, 9.17) is 5.11 Å². The SMILES string of the molecule is CN(CC(=O)O)c1ccnc(-c2ccc(Br)cc2)n1. The van der Waals surface area contributed by atoms with Crippen molar-refractivity contribution < 1.29 is 9.90 Å². The zero-order valence-corrected chi connectivity index (χ0v) is 11.8. The zero-order chi connectivity index (χ0) is 13.8. The number of hydrogen-bond donors (Lipinski definition) is 1. The molecule has 2 rings (SSSR count). The van der Waals surface area contributed by atoms with E-state index in [1.165, 1.54) is 0 Å². The maximum Gasteiger partial charge on any atom is 0.323 e. The first kappa shape index (κ1) is 13.5. The molecule has 1 aromatic carbocycles. The van der Waals surface area contributed by atoms with E-state index in [0.29, 0.717) is 11.6 Å². The number of hydrogen-bond acceptors (Lipinski definition) is 4. The molecule has 0 atom stereocenters.